The second kappa shape index (κ2) is 7.58. The average Bonchev–Trinajstić information content (AvgIpc) is 2.59. The number of ether oxygens (including phenoxy) is 1. The monoisotopic (exact) mass is 423 g/mol. The van der Waals surface area contributed by atoms with E-state index in [4.69, 9.17) is 4.74 Å². The molecular formula is C20H26FN3O4S. The number of nitrogens with zero attached hydrogens (tertiary/aromatic N) is 3. The minimum absolute atomic E-state index is 0.102. The Labute approximate surface area is 171 Å². The number of benzene rings is 1. The van der Waals surface area contributed by atoms with Gasteiger partial charge in [0, 0.05) is 32.2 Å². The average molecular weight is 424 g/mol. The molecule has 1 aromatic carbocycles. The molecule has 0 saturated carbocycles. The van der Waals surface area contributed by atoms with Crippen LogP contribution < -0.4 is 0 Å². The van der Waals surface area contributed by atoms with Gasteiger partial charge in [0.05, 0.1) is 16.6 Å². The predicted octanol–water partition coefficient (Wildman–Crippen LogP) is 2.40. The Bertz CT molecular complexity index is 965. The summed E-state index contributed by atoms with van der Waals surface area (Å²) in [5.41, 5.74) is 0.105. The molecule has 0 radical (unpaired) electrons. The number of carbonyl (C=O) groups excluding carboxylic acids is 1. The zero-order chi connectivity index (χ0) is 21.6. The Morgan fingerprint density at radius 1 is 1.28 bits per heavy atom. The fourth-order valence-corrected chi connectivity index (χ4v) is 6.11. The van der Waals surface area contributed by atoms with E-state index in [9.17, 15) is 22.9 Å². The van der Waals surface area contributed by atoms with Crippen LogP contribution in [0.2, 0.25) is 0 Å². The molecule has 2 aliphatic rings. The molecule has 2 fully saturated rings. The van der Waals surface area contributed by atoms with Crippen molar-refractivity contribution in [3.8, 4) is 6.07 Å². The van der Waals surface area contributed by atoms with Crippen molar-refractivity contribution >= 4 is 15.9 Å². The van der Waals surface area contributed by atoms with Crippen molar-refractivity contribution in [3.05, 3.63) is 34.6 Å². The first-order chi connectivity index (χ1) is 13.4. The zero-order valence-corrected chi connectivity index (χ0v) is 17.9. The summed E-state index contributed by atoms with van der Waals surface area (Å²) < 4.78 is 45.4. The normalized spacial score (nSPS) is 24.5. The summed E-state index contributed by atoms with van der Waals surface area (Å²) in [6.07, 6.45) is -0.440. The molecule has 2 atom stereocenters. The van der Waals surface area contributed by atoms with Gasteiger partial charge in [0.1, 0.15) is 17.5 Å². The molecule has 1 amide bonds. The summed E-state index contributed by atoms with van der Waals surface area (Å²) in [4.78, 5) is 16.0. The minimum Gasteiger partial charge on any atom is -0.444 e. The highest BCUT2D eigenvalue weighted by molar-refractivity contribution is 7.91. The number of rotatable bonds is 1. The van der Waals surface area contributed by atoms with Crippen molar-refractivity contribution in [3.63, 3.8) is 0 Å². The molecule has 2 heterocycles. The Balaban J connectivity index is 1.81. The van der Waals surface area contributed by atoms with Crippen LogP contribution in [0.1, 0.15) is 42.7 Å². The number of amides is 1. The molecule has 0 N–H and O–H groups in total. The lowest BCUT2D eigenvalue weighted by Crippen LogP contribution is -2.61. The number of fused-ring (bicyclic) bond motifs is 1. The molecule has 9 heteroatoms. The van der Waals surface area contributed by atoms with Crippen molar-refractivity contribution in [1.29, 1.82) is 5.26 Å². The van der Waals surface area contributed by atoms with Gasteiger partial charge in [-0.2, -0.15) is 5.26 Å². The maximum absolute atomic E-state index is 13.9. The molecule has 7 nitrogen and oxygen atoms in total. The number of hydrogen-bond donors (Lipinski definition) is 0. The first-order valence-electron chi connectivity index (χ1n) is 9.55. The summed E-state index contributed by atoms with van der Waals surface area (Å²) in [6, 6.07) is 4.13. The summed E-state index contributed by atoms with van der Waals surface area (Å²) in [5, 5.41) is 8.38. The predicted molar refractivity (Wildman–Crippen MR) is 106 cm³/mol. The van der Waals surface area contributed by atoms with E-state index >= 15 is 0 Å². The third kappa shape index (κ3) is 4.38. The maximum Gasteiger partial charge on any atom is 0.410 e. The van der Waals surface area contributed by atoms with Gasteiger partial charge in [-0.15, -0.1) is 0 Å². The van der Waals surface area contributed by atoms with Crippen LogP contribution in [-0.2, 0) is 14.6 Å². The van der Waals surface area contributed by atoms with Gasteiger partial charge in [-0.1, -0.05) is 6.07 Å². The molecule has 29 heavy (non-hydrogen) atoms. The van der Waals surface area contributed by atoms with Crippen LogP contribution in [0.25, 0.3) is 0 Å². The fraction of sp³-hybridized carbons (Fsp3) is 0.600. The van der Waals surface area contributed by atoms with E-state index in [1.54, 1.807) is 32.6 Å². The van der Waals surface area contributed by atoms with Crippen LogP contribution in [0.3, 0.4) is 0 Å². The topological polar surface area (TPSA) is 90.7 Å². The van der Waals surface area contributed by atoms with Crippen molar-refractivity contribution in [1.82, 2.24) is 9.80 Å². The molecule has 0 bridgehead atoms. The zero-order valence-electron chi connectivity index (χ0n) is 17.1. The number of halogens is 1. The lowest BCUT2D eigenvalue weighted by Gasteiger charge is -2.46. The molecule has 2 aliphatic heterocycles. The highest BCUT2D eigenvalue weighted by atomic mass is 32.2. The standard InChI is InChI=1S/C20H26FN3O4S/c1-13-15(5-6-17(21)16(13)9-22)18-11-23-7-8-24(19(25)28-20(2,3)4)10-14(23)12-29(18,26)27/h5-6,14,18H,7-8,10-12H2,1-4H3. The molecule has 0 aliphatic carbocycles. The summed E-state index contributed by atoms with van der Waals surface area (Å²) in [5.74, 6) is -0.749. The van der Waals surface area contributed by atoms with Gasteiger partial charge in [0.15, 0.2) is 9.84 Å². The fourth-order valence-electron chi connectivity index (χ4n) is 3.97. The lowest BCUT2D eigenvalue weighted by molar-refractivity contribution is 0.00498. The van der Waals surface area contributed by atoms with Crippen LogP contribution in [0.5, 0.6) is 0 Å². The van der Waals surface area contributed by atoms with Gasteiger partial charge < -0.3 is 9.64 Å². The number of nitriles is 1. The van der Waals surface area contributed by atoms with Crippen LogP contribution in [0.15, 0.2) is 12.1 Å². The SMILES string of the molecule is Cc1c(C2CN3CCN(C(=O)OC(C)(C)C)CC3CS2(=O)=O)ccc(F)c1C#N. The third-order valence-electron chi connectivity index (χ3n) is 5.43. The molecule has 0 aromatic heterocycles. The summed E-state index contributed by atoms with van der Waals surface area (Å²) in [7, 11) is -3.54. The minimum atomic E-state index is -3.54. The van der Waals surface area contributed by atoms with Gasteiger partial charge in [0.25, 0.3) is 0 Å². The first-order valence-corrected chi connectivity index (χ1v) is 11.3. The second-order valence-electron chi connectivity index (χ2n) is 8.64. The Morgan fingerprint density at radius 3 is 2.59 bits per heavy atom. The van der Waals surface area contributed by atoms with Crippen molar-refractivity contribution in [2.45, 2.75) is 44.6 Å². The Hall–Kier alpha value is -2.18. The molecule has 158 valence electrons. The summed E-state index contributed by atoms with van der Waals surface area (Å²) in [6.45, 7) is 8.47. The van der Waals surface area contributed by atoms with Crippen LogP contribution in [0, 0.1) is 24.1 Å². The maximum atomic E-state index is 13.9. The van der Waals surface area contributed by atoms with Crippen LogP contribution in [-0.4, -0.2) is 67.9 Å². The van der Waals surface area contributed by atoms with E-state index in [-0.39, 0.29) is 30.4 Å². The van der Waals surface area contributed by atoms with Gasteiger partial charge in [-0.3, -0.25) is 4.90 Å². The van der Waals surface area contributed by atoms with E-state index in [0.717, 1.165) is 6.07 Å². The largest absolute Gasteiger partial charge is 0.444 e. The van der Waals surface area contributed by atoms with Crippen molar-refractivity contribution in [2.75, 3.05) is 31.9 Å². The molecule has 0 spiro atoms. The van der Waals surface area contributed by atoms with E-state index in [1.807, 2.05) is 6.07 Å². The number of hydrogen-bond acceptors (Lipinski definition) is 6. The Morgan fingerprint density at radius 2 is 1.97 bits per heavy atom. The lowest BCUT2D eigenvalue weighted by atomic mass is 9.99. The first kappa shape index (κ1) is 21.5. The van der Waals surface area contributed by atoms with Gasteiger partial charge in [0.2, 0.25) is 0 Å². The number of sulfone groups is 1. The summed E-state index contributed by atoms with van der Waals surface area (Å²) >= 11 is 0. The van der Waals surface area contributed by atoms with Crippen molar-refractivity contribution < 1.29 is 22.3 Å². The van der Waals surface area contributed by atoms with Gasteiger partial charge >= 0.3 is 6.09 Å². The molecule has 1 aromatic rings. The van der Waals surface area contributed by atoms with Crippen LogP contribution >= 0.6 is 0 Å². The van der Waals surface area contributed by atoms with Gasteiger partial charge in [-0.25, -0.2) is 17.6 Å². The van der Waals surface area contributed by atoms with E-state index in [1.165, 1.54) is 6.07 Å². The quantitative estimate of drug-likeness (QED) is 0.689. The van der Waals surface area contributed by atoms with E-state index in [2.05, 4.69) is 4.90 Å². The van der Waals surface area contributed by atoms with E-state index in [0.29, 0.717) is 24.2 Å². The number of carbonyl (C=O) groups is 1. The molecule has 2 saturated heterocycles. The Kier molecular flexibility index (Phi) is 5.62. The molecular weight excluding hydrogens is 397 g/mol. The molecule has 3 rings (SSSR count). The van der Waals surface area contributed by atoms with Gasteiger partial charge in [-0.05, 0) is 44.9 Å². The van der Waals surface area contributed by atoms with Crippen LogP contribution in [0.4, 0.5) is 9.18 Å². The second-order valence-corrected chi connectivity index (χ2v) is 10.9. The van der Waals surface area contributed by atoms with E-state index < -0.39 is 32.6 Å². The smallest absolute Gasteiger partial charge is 0.410 e. The third-order valence-corrected chi connectivity index (χ3v) is 7.55. The number of piperazine rings is 1. The molecule has 2 unspecified atom stereocenters. The van der Waals surface area contributed by atoms with Crippen molar-refractivity contribution in [2.24, 2.45) is 0 Å². The highest BCUT2D eigenvalue weighted by Crippen LogP contribution is 2.35. The highest BCUT2D eigenvalue weighted by Gasteiger charge is 2.44.